The molecule has 0 saturated heterocycles. The Kier molecular flexibility index (Phi) is 8.06. The zero-order valence-electron chi connectivity index (χ0n) is 17.7. The molecule has 2 aromatic rings. The van der Waals surface area contributed by atoms with Gasteiger partial charge in [0, 0.05) is 31.9 Å². The molecule has 28 heavy (non-hydrogen) atoms. The lowest BCUT2D eigenvalue weighted by molar-refractivity contribution is -0.122. The molecule has 156 valence electrons. The molecule has 9 heteroatoms. The second-order valence-electron chi connectivity index (χ2n) is 8.13. The van der Waals surface area contributed by atoms with Gasteiger partial charge >= 0.3 is 0 Å². The summed E-state index contributed by atoms with van der Waals surface area (Å²) in [7, 11) is 1.67. The third kappa shape index (κ3) is 6.94. The van der Waals surface area contributed by atoms with Gasteiger partial charge in [0.05, 0.1) is 24.7 Å². The third-order valence-corrected chi connectivity index (χ3v) is 4.62. The van der Waals surface area contributed by atoms with Crippen LogP contribution in [0.2, 0.25) is 0 Å². The van der Waals surface area contributed by atoms with Gasteiger partial charge in [0.1, 0.15) is 5.82 Å². The normalized spacial score (nSPS) is 12.0. The highest BCUT2D eigenvalue weighted by Crippen LogP contribution is 2.26. The van der Waals surface area contributed by atoms with Crippen LogP contribution in [0.15, 0.2) is 11.4 Å². The van der Waals surface area contributed by atoms with Crippen LogP contribution in [0.3, 0.4) is 0 Å². The van der Waals surface area contributed by atoms with E-state index in [9.17, 15) is 4.79 Å². The average Bonchev–Trinajstić information content (AvgIpc) is 2.96. The third-order valence-electron chi connectivity index (χ3n) is 3.75. The van der Waals surface area contributed by atoms with Crippen LogP contribution in [0.1, 0.15) is 41.0 Å². The predicted octanol–water partition coefficient (Wildman–Crippen LogP) is 2.94. The number of carbonyl (C=O) groups is 1. The Hall–Kier alpha value is -1.87. The number of thioether (sulfide) groups is 1. The van der Waals surface area contributed by atoms with Crippen LogP contribution in [-0.2, 0) is 16.1 Å². The molecule has 0 aliphatic heterocycles. The molecule has 1 amide bonds. The van der Waals surface area contributed by atoms with Crippen LogP contribution in [0, 0.1) is 5.41 Å². The number of amides is 1. The van der Waals surface area contributed by atoms with Crippen molar-refractivity contribution >= 4 is 34.5 Å². The molecule has 0 saturated carbocycles. The molecule has 2 rings (SSSR count). The highest BCUT2D eigenvalue weighted by molar-refractivity contribution is 7.99. The summed E-state index contributed by atoms with van der Waals surface area (Å²) in [5, 5.41) is 12.7. The summed E-state index contributed by atoms with van der Waals surface area (Å²) in [5.74, 6) is 0.810. The van der Waals surface area contributed by atoms with Crippen molar-refractivity contribution in [1.82, 2.24) is 25.1 Å². The van der Waals surface area contributed by atoms with Crippen molar-refractivity contribution in [2.24, 2.45) is 5.41 Å². The fraction of sp³-hybridized carbons (Fsp3) is 0.684. The van der Waals surface area contributed by atoms with Gasteiger partial charge in [-0.1, -0.05) is 46.4 Å². The maximum absolute atomic E-state index is 12.0. The molecule has 0 aliphatic rings. The molecular weight excluding hydrogens is 376 g/mol. The van der Waals surface area contributed by atoms with E-state index in [-0.39, 0.29) is 11.3 Å². The number of nitrogens with one attached hydrogen (secondary N) is 2. The Morgan fingerprint density at radius 1 is 1.29 bits per heavy atom. The standard InChI is InChI=1S/C19H32N6O2S/c1-13(2)28-18-23-16(21-8-10-27-6)14-12-22-25(17(14)24-18)9-7-20-15(26)11-19(3,4)5/h12-13H,7-11H2,1-6H3,(H,20,26)(H,21,23,24). The quantitative estimate of drug-likeness (QED) is 0.355. The molecular formula is C19H32N6O2S. The van der Waals surface area contributed by atoms with Gasteiger partial charge in [0.25, 0.3) is 0 Å². The van der Waals surface area contributed by atoms with E-state index in [2.05, 4.69) is 60.3 Å². The molecule has 0 radical (unpaired) electrons. The number of anilines is 1. The average molecular weight is 409 g/mol. The Labute approximate surface area is 171 Å². The molecule has 2 heterocycles. The summed E-state index contributed by atoms with van der Waals surface area (Å²) in [6.07, 6.45) is 2.27. The lowest BCUT2D eigenvalue weighted by Gasteiger charge is -2.17. The maximum atomic E-state index is 12.0. The monoisotopic (exact) mass is 408 g/mol. The molecule has 0 unspecified atom stereocenters. The Morgan fingerprint density at radius 3 is 2.68 bits per heavy atom. The van der Waals surface area contributed by atoms with Gasteiger partial charge in [-0.3, -0.25) is 4.79 Å². The van der Waals surface area contributed by atoms with Gasteiger partial charge in [-0.2, -0.15) is 5.10 Å². The molecule has 0 atom stereocenters. The first-order valence-electron chi connectivity index (χ1n) is 9.59. The minimum absolute atomic E-state index is 0.0263. The molecule has 0 aromatic carbocycles. The summed E-state index contributed by atoms with van der Waals surface area (Å²) >= 11 is 1.61. The topological polar surface area (TPSA) is 94.0 Å². The van der Waals surface area contributed by atoms with E-state index in [4.69, 9.17) is 4.74 Å². The maximum Gasteiger partial charge on any atom is 0.220 e. The smallest absolute Gasteiger partial charge is 0.220 e. The van der Waals surface area contributed by atoms with Gasteiger partial charge in [0.15, 0.2) is 10.8 Å². The lowest BCUT2D eigenvalue weighted by atomic mass is 9.92. The summed E-state index contributed by atoms with van der Waals surface area (Å²) in [4.78, 5) is 21.4. The van der Waals surface area contributed by atoms with Crippen LogP contribution in [0.5, 0.6) is 0 Å². The van der Waals surface area contributed by atoms with E-state index in [0.29, 0.717) is 43.1 Å². The van der Waals surface area contributed by atoms with Gasteiger partial charge in [-0.15, -0.1) is 0 Å². The number of fused-ring (bicyclic) bond motifs is 1. The van der Waals surface area contributed by atoms with Crippen LogP contribution in [-0.4, -0.2) is 57.7 Å². The predicted molar refractivity (Wildman–Crippen MR) is 114 cm³/mol. The van der Waals surface area contributed by atoms with Crippen molar-refractivity contribution in [2.75, 3.05) is 32.1 Å². The van der Waals surface area contributed by atoms with Crippen LogP contribution in [0.25, 0.3) is 11.0 Å². The van der Waals surface area contributed by atoms with Gasteiger partial charge < -0.3 is 15.4 Å². The lowest BCUT2D eigenvalue weighted by Crippen LogP contribution is -2.30. The Bertz CT molecular complexity index is 785. The molecule has 0 spiro atoms. The van der Waals surface area contributed by atoms with E-state index in [1.54, 1.807) is 25.1 Å². The Morgan fingerprint density at radius 2 is 2.04 bits per heavy atom. The first-order valence-corrected chi connectivity index (χ1v) is 10.5. The second kappa shape index (κ2) is 10.1. The van der Waals surface area contributed by atoms with Crippen LogP contribution in [0.4, 0.5) is 5.82 Å². The van der Waals surface area contributed by atoms with Crippen molar-refractivity contribution in [2.45, 2.75) is 58.0 Å². The molecule has 0 bridgehead atoms. The number of ether oxygens (including phenoxy) is 1. The fourth-order valence-electron chi connectivity index (χ4n) is 2.61. The Balaban J connectivity index is 2.15. The molecule has 0 aliphatic carbocycles. The van der Waals surface area contributed by atoms with Crippen LogP contribution >= 0.6 is 11.8 Å². The van der Waals surface area contributed by atoms with E-state index >= 15 is 0 Å². The number of aromatic nitrogens is 4. The molecule has 2 N–H and O–H groups in total. The summed E-state index contributed by atoms with van der Waals surface area (Å²) in [6, 6.07) is 0. The number of carbonyl (C=O) groups excluding carboxylic acids is 1. The molecule has 2 aromatic heterocycles. The zero-order chi connectivity index (χ0) is 20.7. The number of hydrogen-bond acceptors (Lipinski definition) is 7. The zero-order valence-corrected chi connectivity index (χ0v) is 18.5. The van der Waals surface area contributed by atoms with Crippen molar-refractivity contribution in [1.29, 1.82) is 0 Å². The minimum Gasteiger partial charge on any atom is -0.383 e. The SMILES string of the molecule is COCCNc1nc(SC(C)C)nc2c1cnn2CCNC(=O)CC(C)(C)C. The van der Waals surface area contributed by atoms with E-state index < -0.39 is 0 Å². The largest absolute Gasteiger partial charge is 0.383 e. The van der Waals surface area contributed by atoms with Crippen molar-refractivity contribution < 1.29 is 9.53 Å². The van der Waals surface area contributed by atoms with E-state index in [1.165, 1.54) is 0 Å². The fourth-order valence-corrected chi connectivity index (χ4v) is 3.32. The highest BCUT2D eigenvalue weighted by atomic mass is 32.2. The van der Waals surface area contributed by atoms with E-state index in [1.807, 2.05) is 4.68 Å². The second-order valence-corrected chi connectivity index (χ2v) is 9.68. The number of rotatable bonds is 10. The number of hydrogen-bond donors (Lipinski definition) is 2. The molecule has 0 fully saturated rings. The van der Waals surface area contributed by atoms with Crippen molar-refractivity contribution in [3.63, 3.8) is 0 Å². The number of methoxy groups -OCH3 is 1. The van der Waals surface area contributed by atoms with Crippen molar-refractivity contribution in [3.8, 4) is 0 Å². The first kappa shape index (κ1) is 22.4. The van der Waals surface area contributed by atoms with Gasteiger partial charge in [0.2, 0.25) is 5.91 Å². The van der Waals surface area contributed by atoms with Gasteiger partial charge in [-0.05, 0) is 5.41 Å². The summed E-state index contributed by atoms with van der Waals surface area (Å²) in [6.45, 7) is 12.7. The van der Waals surface area contributed by atoms with Crippen LogP contribution < -0.4 is 10.6 Å². The highest BCUT2D eigenvalue weighted by Gasteiger charge is 2.17. The minimum atomic E-state index is -0.0263. The molecule has 8 nitrogen and oxygen atoms in total. The van der Waals surface area contributed by atoms with Crippen molar-refractivity contribution in [3.05, 3.63) is 6.20 Å². The summed E-state index contributed by atoms with van der Waals surface area (Å²) < 4.78 is 6.93. The first-order chi connectivity index (χ1) is 13.2. The summed E-state index contributed by atoms with van der Waals surface area (Å²) in [5.41, 5.74) is 0.740. The van der Waals surface area contributed by atoms with Gasteiger partial charge in [-0.25, -0.2) is 14.6 Å². The van der Waals surface area contributed by atoms with E-state index in [0.717, 1.165) is 16.9 Å². The number of nitrogens with zero attached hydrogens (tertiary/aromatic N) is 4.